The number of aliphatic hydroxyl groups excluding tert-OH is 1. The molecule has 2 aromatic rings. The highest BCUT2D eigenvalue weighted by molar-refractivity contribution is 8.35. The molecule has 4 fully saturated rings. The van der Waals surface area contributed by atoms with Crippen LogP contribution in [0.2, 0.25) is 0 Å². The number of imidazole rings is 1. The number of ether oxygens (including phenoxy) is 6. The zero-order chi connectivity index (χ0) is 32.5. The third-order valence-corrected chi connectivity index (χ3v) is 9.28. The number of aromatic amines is 1. The number of rotatable bonds is 9. The van der Waals surface area contributed by atoms with Gasteiger partial charge in [-0.15, -0.1) is 0 Å². The first kappa shape index (κ1) is 33.1. The van der Waals surface area contributed by atoms with E-state index in [1.165, 1.54) is 10.9 Å². The van der Waals surface area contributed by atoms with Crippen LogP contribution in [0.3, 0.4) is 0 Å². The second-order valence-electron chi connectivity index (χ2n) is 12.5. The Morgan fingerprint density at radius 2 is 2.00 bits per heavy atom. The van der Waals surface area contributed by atoms with E-state index in [1.54, 1.807) is 41.5 Å². The summed E-state index contributed by atoms with van der Waals surface area (Å²) in [4.78, 5) is 38.4. The molecule has 4 aliphatic heterocycles. The highest BCUT2D eigenvalue weighted by atomic mass is 32.7. The van der Waals surface area contributed by atoms with E-state index in [-0.39, 0.29) is 36.7 Å². The van der Waals surface area contributed by atoms with Crippen LogP contribution in [0.5, 0.6) is 0 Å². The second-order valence-corrected chi connectivity index (χ2v) is 15.3. The van der Waals surface area contributed by atoms with Gasteiger partial charge in [-0.3, -0.25) is 14.3 Å². The Kier molecular flexibility index (Phi) is 8.84. The molecule has 6 rings (SSSR count). The molecule has 45 heavy (non-hydrogen) atoms. The van der Waals surface area contributed by atoms with E-state index in [4.69, 9.17) is 49.7 Å². The van der Waals surface area contributed by atoms with Gasteiger partial charge in [0, 0.05) is 6.42 Å². The Hall–Kier alpha value is -1.80. The molecule has 17 nitrogen and oxygen atoms in total. The Balaban J connectivity index is 1.13. The van der Waals surface area contributed by atoms with Gasteiger partial charge in [0.15, 0.2) is 35.1 Å². The average molecular weight is 675 g/mol. The number of aliphatic imine (C=N–C) groups is 1. The van der Waals surface area contributed by atoms with Gasteiger partial charge in [0.2, 0.25) is 5.95 Å². The van der Waals surface area contributed by atoms with Crippen molar-refractivity contribution < 1.29 is 52.6 Å². The van der Waals surface area contributed by atoms with Crippen molar-refractivity contribution in [3.8, 4) is 0 Å². The highest BCUT2D eigenvalue weighted by Gasteiger charge is 2.61. The van der Waals surface area contributed by atoms with Crippen LogP contribution in [0.15, 0.2) is 16.1 Å². The lowest BCUT2D eigenvalue weighted by Crippen LogP contribution is -2.44. The minimum atomic E-state index is -3.97. The number of nitrogens with one attached hydrogen (secondary N) is 1. The van der Waals surface area contributed by atoms with Crippen molar-refractivity contribution >= 4 is 42.4 Å². The molecule has 0 amide bonds. The summed E-state index contributed by atoms with van der Waals surface area (Å²) in [6, 6.07) is 0. The van der Waals surface area contributed by atoms with E-state index in [0.29, 0.717) is 0 Å². The molecule has 6 heterocycles. The Morgan fingerprint density at radius 1 is 1.24 bits per heavy atom. The standard InChI is InChI=1S/C26H38N5O12PS/c1-11(2)21(33)29-24-28-20-16(22(34)30-24)27-10-31(20)15-7-12(32)13(38-15)9-37-44(35,45)43-18-17(14-8-36-25(3,4)40-14)39-23-19(18)41-26(5,6)42-23/h10-15,17-19,23,32H,7-9H2,1-6H3,(H,35,45)(H2,28,29,30,33,34)/p-1/t12-,13+,14+,15+,17+,18-,19+,23+,44?/m0/s1. The number of fused-ring (bicyclic) bond motifs is 2. The van der Waals surface area contributed by atoms with Crippen LogP contribution in [0.4, 0.5) is 5.95 Å². The van der Waals surface area contributed by atoms with Gasteiger partial charge < -0.3 is 50.9 Å². The van der Waals surface area contributed by atoms with Crippen LogP contribution in [-0.2, 0) is 49.7 Å². The summed E-state index contributed by atoms with van der Waals surface area (Å²) in [6.45, 7) is 10.3. The Labute approximate surface area is 263 Å². The van der Waals surface area contributed by atoms with E-state index < -0.39 is 85.2 Å². The third kappa shape index (κ3) is 6.93. The van der Waals surface area contributed by atoms with Gasteiger partial charge in [0.05, 0.1) is 19.0 Å². The number of nitrogens with zero attached hydrogens (tertiary/aromatic N) is 4. The molecule has 0 saturated carbocycles. The zero-order valence-electron chi connectivity index (χ0n) is 25.5. The van der Waals surface area contributed by atoms with E-state index in [2.05, 4.69) is 19.9 Å². The molecule has 2 aromatic heterocycles. The normalized spacial score (nSPS) is 35.8. The molecule has 4 saturated heterocycles. The molecule has 250 valence electrons. The van der Waals surface area contributed by atoms with Gasteiger partial charge in [-0.2, -0.15) is 14.0 Å². The first-order valence-electron chi connectivity index (χ1n) is 14.6. The van der Waals surface area contributed by atoms with Crippen molar-refractivity contribution in [1.29, 1.82) is 0 Å². The molecule has 0 spiro atoms. The maximum Gasteiger partial charge on any atom is 0.287 e. The number of hydrogen-bond donors (Lipinski definition) is 3. The topological polar surface area (TPSA) is 213 Å². The van der Waals surface area contributed by atoms with Crippen LogP contribution in [0.25, 0.3) is 11.2 Å². The molecule has 0 radical (unpaired) electrons. The molecule has 9 atom stereocenters. The monoisotopic (exact) mass is 674 g/mol. The lowest BCUT2D eigenvalue weighted by Gasteiger charge is -2.32. The summed E-state index contributed by atoms with van der Waals surface area (Å²) in [7, 11) is -3.97. The van der Waals surface area contributed by atoms with Crippen molar-refractivity contribution in [2.75, 3.05) is 13.2 Å². The van der Waals surface area contributed by atoms with Crippen molar-refractivity contribution in [2.24, 2.45) is 10.9 Å². The number of H-pyrrole nitrogens is 1. The van der Waals surface area contributed by atoms with Crippen molar-refractivity contribution in [3.63, 3.8) is 0 Å². The van der Waals surface area contributed by atoms with Crippen LogP contribution < -0.4 is 10.7 Å². The van der Waals surface area contributed by atoms with E-state index in [9.17, 15) is 19.9 Å². The molecule has 1 unspecified atom stereocenters. The summed E-state index contributed by atoms with van der Waals surface area (Å²) >= 11 is 5.36. The van der Waals surface area contributed by atoms with Gasteiger partial charge in [-0.25, -0.2) is 14.9 Å². The molecule has 0 aromatic carbocycles. The van der Waals surface area contributed by atoms with Gasteiger partial charge in [-0.1, -0.05) is 13.8 Å². The lowest BCUT2D eigenvalue weighted by atomic mass is 10.1. The quantitative estimate of drug-likeness (QED) is 0.143. The number of aromatic nitrogens is 4. The van der Waals surface area contributed by atoms with Crippen molar-refractivity contribution in [3.05, 3.63) is 16.7 Å². The second kappa shape index (κ2) is 12.0. The predicted molar refractivity (Wildman–Crippen MR) is 156 cm³/mol. The van der Waals surface area contributed by atoms with Gasteiger partial charge in [0.25, 0.3) is 12.7 Å². The number of aliphatic hydroxyl groups is 1. The number of hydrogen-bond acceptors (Lipinski definition) is 16. The van der Waals surface area contributed by atoms with Crippen molar-refractivity contribution in [1.82, 2.24) is 19.5 Å². The third-order valence-electron chi connectivity index (χ3n) is 7.72. The molecule has 19 heteroatoms. The summed E-state index contributed by atoms with van der Waals surface area (Å²) in [5.74, 6) is -2.81. The molecular weight excluding hydrogens is 637 g/mol. The Morgan fingerprint density at radius 3 is 2.69 bits per heavy atom. The summed E-state index contributed by atoms with van der Waals surface area (Å²) < 4.78 is 48.8. The molecule has 0 aliphatic carbocycles. The van der Waals surface area contributed by atoms with E-state index in [1.807, 2.05) is 0 Å². The fourth-order valence-electron chi connectivity index (χ4n) is 5.60. The highest BCUT2D eigenvalue weighted by Crippen LogP contribution is 2.59. The summed E-state index contributed by atoms with van der Waals surface area (Å²) in [6.07, 6.45) is -5.08. The maximum atomic E-state index is 12.6. The first-order chi connectivity index (χ1) is 21.0. The maximum absolute atomic E-state index is 12.6. The van der Waals surface area contributed by atoms with Crippen LogP contribution in [0.1, 0.15) is 54.2 Å². The largest absolute Gasteiger partial charge is 0.861 e. The molecule has 0 bridgehead atoms. The minimum Gasteiger partial charge on any atom is -0.861 e. The van der Waals surface area contributed by atoms with E-state index >= 15 is 0 Å². The fourth-order valence-corrected chi connectivity index (χ4v) is 7.02. The first-order valence-corrected chi connectivity index (χ1v) is 17.1. The van der Waals surface area contributed by atoms with Crippen molar-refractivity contribution in [2.45, 2.75) is 109 Å². The fraction of sp³-hybridized carbons (Fsp3) is 0.769. The molecule has 4 aliphatic rings. The van der Waals surface area contributed by atoms with Gasteiger partial charge in [-0.05, 0) is 39.5 Å². The average Bonchev–Trinajstić information content (AvgIpc) is 3.72. The lowest BCUT2D eigenvalue weighted by molar-refractivity contribution is -0.231. The summed E-state index contributed by atoms with van der Waals surface area (Å²) in [5, 5.41) is 22.9. The smallest absolute Gasteiger partial charge is 0.287 e. The van der Waals surface area contributed by atoms with E-state index in [0.717, 1.165) is 0 Å². The summed E-state index contributed by atoms with van der Waals surface area (Å²) in [5.41, 5.74) is -0.454. The molecule has 3 N–H and O–H groups in total. The molecular formula is C26H37N5O12PS-. The zero-order valence-corrected chi connectivity index (χ0v) is 27.2. The predicted octanol–water partition coefficient (Wildman–Crippen LogP) is 0.461. The van der Waals surface area contributed by atoms with Gasteiger partial charge >= 0.3 is 0 Å². The van der Waals surface area contributed by atoms with Crippen LogP contribution >= 0.6 is 7.15 Å². The van der Waals surface area contributed by atoms with Crippen LogP contribution in [0, 0.1) is 5.92 Å². The minimum absolute atomic E-state index is 0.0101. The Bertz CT molecular complexity index is 1500. The SMILES string of the molecule is CC(C)C([O-])=Nc1nc2c(ncn2[C@H]2C[C@H](O)[C@@H](CO[P+](O)([S-])O[C@@H]3[C@H]4OC(C)(C)O[C@H]4O[C@@H]3[C@H]3COC(C)(C)O3)O2)c(=O)[nH]1. The van der Waals surface area contributed by atoms with Crippen LogP contribution in [-0.4, -0.2) is 103 Å². The van der Waals surface area contributed by atoms with Gasteiger partial charge in [0.1, 0.15) is 37.3 Å².